The minimum Gasteiger partial charge on any atom is -0.463 e. The molecule has 1 aliphatic rings. The average Bonchev–Trinajstić information content (AvgIpc) is 2.87. The van der Waals surface area contributed by atoms with Crippen LogP contribution in [0.1, 0.15) is 81.8 Å². The molecule has 0 heterocycles. The van der Waals surface area contributed by atoms with Crippen molar-refractivity contribution in [3.63, 3.8) is 0 Å². The lowest BCUT2D eigenvalue weighted by molar-refractivity contribution is -0.137. The minimum absolute atomic E-state index is 0.354. The van der Waals surface area contributed by atoms with E-state index in [-0.39, 0.29) is 5.97 Å². The summed E-state index contributed by atoms with van der Waals surface area (Å²) in [4.78, 5) is 11.1. The fourth-order valence-electron chi connectivity index (χ4n) is 4.66. The molecule has 0 aliphatic heterocycles. The molecule has 178 valence electrons. The molecule has 3 nitrogen and oxygen atoms in total. The number of rotatable bonds is 13. The molecule has 1 aliphatic carbocycles. The monoisotopic (exact) mass is 448 g/mol. The highest BCUT2D eigenvalue weighted by atomic mass is 16.5. The van der Waals surface area contributed by atoms with Gasteiger partial charge in [-0.25, -0.2) is 4.79 Å². The Kier molecular flexibility index (Phi) is 10.7. The van der Waals surface area contributed by atoms with E-state index in [4.69, 9.17) is 9.47 Å². The number of carbonyl (C=O) groups is 1. The molecule has 2 aromatic rings. The third kappa shape index (κ3) is 8.47. The van der Waals surface area contributed by atoms with Gasteiger partial charge in [0.15, 0.2) is 0 Å². The van der Waals surface area contributed by atoms with Crippen LogP contribution >= 0.6 is 0 Å². The lowest BCUT2D eigenvalue weighted by Gasteiger charge is -2.29. The molecule has 0 aromatic heterocycles. The van der Waals surface area contributed by atoms with Gasteiger partial charge < -0.3 is 9.47 Å². The quantitative estimate of drug-likeness (QED) is 0.179. The molecule has 1 fully saturated rings. The lowest BCUT2D eigenvalue weighted by Crippen LogP contribution is -2.21. The average molecular weight is 449 g/mol. The maximum atomic E-state index is 11.1. The molecule has 0 unspecified atom stereocenters. The van der Waals surface area contributed by atoms with Gasteiger partial charge in [0.25, 0.3) is 0 Å². The summed E-state index contributed by atoms with van der Waals surface area (Å²) in [5, 5.41) is 0. The van der Waals surface area contributed by atoms with E-state index in [0.29, 0.717) is 18.6 Å². The maximum Gasteiger partial charge on any atom is 0.330 e. The van der Waals surface area contributed by atoms with Crippen LogP contribution in [0.2, 0.25) is 0 Å². The number of benzene rings is 2. The summed E-state index contributed by atoms with van der Waals surface area (Å²) in [7, 11) is 0. The number of esters is 1. The van der Waals surface area contributed by atoms with Crippen molar-refractivity contribution in [1.29, 1.82) is 0 Å². The molecule has 1 saturated carbocycles. The van der Waals surface area contributed by atoms with Crippen LogP contribution in [-0.4, -0.2) is 25.3 Å². The fourth-order valence-corrected chi connectivity index (χ4v) is 4.66. The smallest absolute Gasteiger partial charge is 0.330 e. The molecule has 3 rings (SSSR count). The summed E-state index contributed by atoms with van der Waals surface area (Å²) in [5.74, 6) is 0.310. The number of carbonyl (C=O) groups excluding carboxylic acids is 1. The summed E-state index contributed by atoms with van der Waals surface area (Å²) >= 11 is 0. The first-order valence-corrected chi connectivity index (χ1v) is 12.8. The third-order valence-corrected chi connectivity index (χ3v) is 6.72. The van der Waals surface area contributed by atoms with Crippen molar-refractivity contribution >= 4 is 5.97 Å². The van der Waals surface area contributed by atoms with Gasteiger partial charge in [0.1, 0.15) is 0 Å². The van der Waals surface area contributed by atoms with Gasteiger partial charge in [-0.3, -0.25) is 0 Å². The summed E-state index contributed by atoms with van der Waals surface area (Å²) in [5.41, 5.74) is 5.22. The summed E-state index contributed by atoms with van der Waals surface area (Å²) < 4.78 is 11.2. The molecular formula is C30H40O3. The SMILES string of the molecule is C=CC(=O)OCCCc1ccc(-c2ccc(C3CCC(OCCCCCC)CC3)cc2)cc1. The Hall–Kier alpha value is -2.39. The Morgan fingerprint density at radius 1 is 0.879 bits per heavy atom. The van der Waals surface area contributed by atoms with Gasteiger partial charge in [-0.05, 0) is 73.1 Å². The van der Waals surface area contributed by atoms with Crippen LogP contribution in [0.5, 0.6) is 0 Å². The number of hydrogen-bond acceptors (Lipinski definition) is 3. The topological polar surface area (TPSA) is 35.5 Å². The Bertz CT molecular complexity index is 830. The molecule has 0 radical (unpaired) electrons. The fraction of sp³-hybridized carbons (Fsp3) is 0.500. The lowest BCUT2D eigenvalue weighted by atomic mass is 9.82. The summed E-state index contributed by atoms with van der Waals surface area (Å²) in [6, 6.07) is 17.9. The van der Waals surface area contributed by atoms with E-state index in [9.17, 15) is 4.79 Å². The van der Waals surface area contributed by atoms with E-state index in [0.717, 1.165) is 19.4 Å². The van der Waals surface area contributed by atoms with E-state index in [1.54, 1.807) is 0 Å². The second kappa shape index (κ2) is 14.0. The van der Waals surface area contributed by atoms with Crippen molar-refractivity contribution in [2.45, 2.75) is 83.2 Å². The van der Waals surface area contributed by atoms with Crippen LogP contribution < -0.4 is 0 Å². The molecule has 2 aromatic carbocycles. The van der Waals surface area contributed by atoms with Crippen LogP contribution in [0.15, 0.2) is 61.2 Å². The Balaban J connectivity index is 1.42. The highest BCUT2D eigenvalue weighted by molar-refractivity contribution is 5.81. The molecule has 0 saturated heterocycles. The van der Waals surface area contributed by atoms with Crippen molar-refractivity contribution in [1.82, 2.24) is 0 Å². The zero-order chi connectivity index (χ0) is 23.3. The van der Waals surface area contributed by atoms with Gasteiger partial charge in [-0.1, -0.05) is 81.3 Å². The molecule has 0 bridgehead atoms. The Labute approximate surface area is 200 Å². The molecule has 0 atom stereocenters. The van der Waals surface area contributed by atoms with E-state index in [1.165, 1.54) is 79.7 Å². The first kappa shape index (κ1) is 25.2. The van der Waals surface area contributed by atoms with E-state index in [2.05, 4.69) is 62.0 Å². The second-order valence-corrected chi connectivity index (χ2v) is 9.20. The molecule has 0 N–H and O–H groups in total. The predicted octanol–water partition coefficient (Wildman–Crippen LogP) is 7.64. The normalized spacial score (nSPS) is 18.1. The van der Waals surface area contributed by atoms with E-state index >= 15 is 0 Å². The molecule has 3 heteroatoms. The largest absolute Gasteiger partial charge is 0.463 e. The molecule has 33 heavy (non-hydrogen) atoms. The third-order valence-electron chi connectivity index (χ3n) is 6.72. The highest BCUT2D eigenvalue weighted by Gasteiger charge is 2.22. The summed E-state index contributed by atoms with van der Waals surface area (Å²) in [6.07, 6.45) is 13.3. The van der Waals surface area contributed by atoms with E-state index in [1.807, 2.05) is 0 Å². The van der Waals surface area contributed by atoms with Crippen molar-refractivity contribution < 1.29 is 14.3 Å². The van der Waals surface area contributed by atoms with Crippen LogP contribution in [0.4, 0.5) is 0 Å². The zero-order valence-electron chi connectivity index (χ0n) is 20.3. The second-order valence-electron chi connectivity index (χ2n) is 9.20. The van der Waals surface area contributed by atoms with Crippen molar-refractivity contribution in [3.8, 4) is 11.1 Å². The molecular weight excluding hydrogens is 408 g/mol. The number of ether oxygens (including phenoxy) is 2. The zero-order valence-corrected chi connectivity index (χ0v) is 20.3. The van der Waals surface area contributed by atoms with Crippen molar-refractivity contribution in [3.05, 3.63) is 72.3 Å². The number of hydrogen-bond donors (Lipinski definition) is 0. The van der Waals surface area contributed by atoms with Crippen LogP contribution in [-0.2, 0) is 20.7 Å². The van der Waals surface area contributed by atoms with Crippen LogP contribution in [0.25, 0.3) is 11.1 Å². The molecule has 0 amide bonds. The maximum absolute atomic E-state index is 11.1. The van der Waals surface area contributed by atoms with Crippen molar-refractivity contribution in [2.24, 2.45) is 0 Å². The first-order valence-electron chi connectivity index (χ1n) is 12.8. The van der Waals surface area contributed by atoms with Gasteiger partial charge in [0.2, 0.25) is 0 Å². The van der Waals surface area contributed by atoms with Crippen LogP contribution in [0, 0.1) is 0 Å². The standard InChI is InChI=1S/C30H40O3/c1-3-5-6-7-22-32-29-20-18-28(19-21-29)27-16-14-26(15-17-27)25-12-10-24(11-13-25)9-8-23-33-30(31)4-2/h4,10-17,28-29H,2-3,5-9,18-23H2,1H3. The number of aryl methyl sites for hydroxylation is 1. The Morgan fingerprint density at radius 2 is 1.55 bits per heavy atom. The molecule has 0 spiro atoms. The predicted molar refractivity (Wildman–Crippen MR) is 136 cm³/mol. The van der Waals surface area contributed by atoms with Gasteiger partial charge in [0.05, 0.1) is 12.7 Å². The van der Waals surface area contributed by atoms with E-state index < -0.39 is 0 Å². The van der Waals surface area contributed by atoms with Gasteiger partial charge in [0, 0.05) is 12.7 Å². The first-order chi connectivity index (χ1) is 16.2. The number of unbranched alkanes of at least 4 members (excludes halogenated alkanes) is 3. The van der Waals surface area contributed by atoms with Crippen LogP contribution in [0.3, 0.4) is 0 Å². The minimum atomic E-state index is -0.354. The highest BCUT2D eigenvalue weighted by Crippen LogP contribution is 2.35. The van der Waals surface area contributed by atoms with Gasteiger partial charge in [-0.15, -0.1) is 0 Å². The van der Waals surface area contributed by atoms with Gasteiger partial charge in [-0.2, -0.15) is 0 Å². The Morgan fingerprint density at radius 3 is 2.18 bits per heavy atom. The van der Waals surface area contributed by atoms with Gasteiger partial charge >= 0.3 is 5.97 Å². The van der Waals surface area contributed by atoms with Crippen molar-refractivity contribution in [2.75, 3.05) is 13.2 Å². The summed E-state index contributed by atoms with van der Waals surface area (Å²) in [6.45, 7) is 7.03.